The Morgan fingerprint density at radius 2 is 1.59 bits per heavy atom. The Hall–Kier alpha value is -1.84. The fraction of sp³-hybridized carbons (Fsp3) is 0.278. The molecule has 0 heterocycles. The van der Waals surface area contributed by atoms with Gasteiger partial charge in [-0.1, -0.05) is 67.6 Å². The molecule has 2 aromatic rings. The van der Waals surface area contributed by atoms with Crippen LogP contribution in [0.2, 0.25) is 0 Å². The summed E-state index contributed by atoms with van der Waals surface area (Å²) in [6.07, 6.45) is 0.833. The van der Waals surface area contributed by atoms with Crippen molar-refractivity contribution in [2.24, 2.45) is 11.7 Å². The van der Waals surface area contributed by atoms with Crippen LogP contribution < -0.4 is 11.1 Å². The maximum absolute atomic E-state index is 12.2. The first kappa shape index (κ1) is 18.2. The van der Waals surface area contributed by atoms with E-state index in [1.807, 2.05) is 55.5 Å². The van der Waals surface area contributed by atoms with Crippen molar-refractivity contribution in [3.63, 3.8) is 0 Å². The number of carbonyl (C=O) groups is 1. The SMILES string of the molecule is CC(C(=O)NCCc1ccccc1)C(N)c1ccccc1.Cl. The van der Waals surface area contributed by atoms with Crippen molar-refractivity contribution in [1.29, 1.82) is 0 Å². The molecule has 0 spiro atoms. The van der Waals surface area contributed by atoms with E-state index in [-0.39, 0.29) is 30.3 Å². The van der Waals surface area contributed by atoms with Gasteiger partial charge >= 0.3 is 0 Å². The number of hydrogen-bond donors (Lipinski definition) is 2. The third-order valence-electron chi connectivity index (χ3n) is 3.69. The molecular weight excluding hydrogens is 296 g/mol. The molecule has 0 aliphatic rings. The van der Waals surface area contributed by atoms with Gasteiger partial charge in [-0.15, -0.1) is 12.4 Å². The van der Waals surface area contributed by atoms with Crippen molar-refractivity contribution in [1.82, 2.24) is 5.32 Å². The number of rotatable bonds is 6. The maximum Gasteiger partial charge on any atom is 0.224 e. The Kier molecular flexibility index (Phi) is 7.64. The number of hydrogen-bond acceptors (Lipinski definition) is 2. The van der Waals surface area contributed by atoms with Crippen molar-refractivity contribution in [3.8, 4) is 0 Å². The van der Waals surface area contributed by atoms with E-state index < -0.39 is 0 Å². The fourth-order valence-electron chi connectivity index (χ4n) is 2.26. The molecule has 0 aromatic heterocycles. The van der Waals surface area contributed by atoms with Gasteiger partial charge in [0.05, 0.1) is 5.92 Å². The van der Waals surface area contributed by atoms with Gasteiger partial charge in [-0.05, 0) is 17.5 Å². The number of nitrogens with two attached hydrogens (primary N) is 1. The van der Waals surface area contributed by atoms with Crippen LogP contribution in [0.1, 0.15) is 24.1 Å². The molecular formula is C18H23ClN2O. The molecule has 3 N–H and O–H groups in total. The van der Waals surface area contributed by atoms with Gasteiger partial charge in [0.1, 0.15) is 0 Å². The molecule has 2 unspecified atom stereocenters. The van der Waals surface area contributed by atoms with Crippen LogP contribution in [-0.2, 0) is 11.2 Å². The predicted molar refractivity (Wildman–Crippen MR) is 92.9 cm³/mol. The Morgan fingerprint density at radius 1 is 1.05 bits per heavy atom. The van der Waals surface area contributed by atoms with Gasteiger partial charge in [0.2, 0.25) is 5.91 Å². The number of amides is 1. The van der Waals surface area contributed by atoms with Crippen molar-refractivity contribution in [2.45, 2.75) is 19.4 Å². The lowest BCUT2D eigenvalue weighted by Crippen LogP contribution is -2.36. The van der Waals surface area contributed by atoms with Crippen molar-refractivity contribution in [2.75, 3.05) is 6.54 Å². The lowest BCUT2D eigenvalue weighted by molar-refractivity contribution is -0.125. The molecule has 2 atom stereocenters. The molecule has 2 aromatic carbocycles. The molecule has 0 fully saturated rings. The van der Waals surface area contributed by atoms with Crippen LogP contribution >= 0.6 is 12.4 Å². The monoisotopic (exact) mass is 318 g/mol. The first-order chi connectivity index (χ1) is 10.2. The number of benzene rings is 2. The van der Waals surface area contributed by atoms with Gasteiger partial charge in [0, 0.05) is 12.6 Å². The van der Waals surface area contributed by atoms with E-state index in [4.69, 9.17) is 5.73 Å². The summed E-state index contributed by atoms with van der Waals surface area (Å²) in [5, 5.41) is 2.96. The quantitative estimate of drug-likeness (QED) is 0.860. The second kappa shape index (κ2) is 9.23. The van der Waals surface area contributed by atoms with E-state index in [9.17, 15) is 4.79 Å². The van der Waals surface area contributed by atoms with Gasteiger partial charge in [-0.25, -0.2) is 0 Å². The Balaban J connectivity index is 0.00000242. The highest BCUT2D eigenvalue weighted by atomic mass is 35.5. The molecule has 118 valence electrons. The molecule has 0 aliphatic heterocycles. The molecule has 0 saturated carbocycles. The topological polar surface area (TPSA) is 55.1 Å². The average Bonchev–Trinajstić information content (AvgIpc) is 2.55. The Labute approximate surface area is 138 Å². The highest BCUT2D eigenvalue weighted by Gasteiger charge is 2.21. The first-order valence-corrected chi connectivity index (χ1v) is 7.30. The minimum atomic E-state index is -0.275. The van der Waals surface area contributed by atoms with Crippen molar-refractivity contribution in [3.05, 3.63) is 71.8 Å². The smallest absolute Gasteiger partial charge is 0.224 e. The second-order valence-electron chi connectivity index (χ2n) is 5.25. The standard InChI is InChI=1S/C18H22N2O.ClH/c1-14(17(19)16-10-6-3-7-11-16)18(21)20-13-12-15-8-4-2-5-9-15;/h2-11,14,17H,12-13,19H2,1H3,(H,20,21);1H. The van der Waals surface area contributed by atoms with Gasteiger partial charge in [0.15, 0.2) is 0 Å². The van der Waals surface area contributed by atoms with E-state index in [1.165, 1.54) is 5.56 Å². The number of carbonyl (C=O) groups excluding carboxylic acids is 1. The summed E-state index contributed by atoms with van der Waals surface area (Å²) in [4.78, 5) is 12.2. The zero-order valence-electron chi connectivity index (χ0n) is 12.7. The normalized spacial score (nSPS) is 12.8. The molecule has 0 aliphatic carbocycles. The number of nitrogens with one attached hydrogen (secondary N) is 1. The highest BCUT2D eigenvalue weighted by Crippen LogP contribution is 2.18. The lowest BCUT2D eigenvalue weighted by Gasteiger charge is -2.19. The van der Waals surface area contributed by atoms with Gasteiger partial charge in [-0.2, -0.15) is 0 Å². The summed E-state index contributed by atoms with van der Waals surface area (Å²) < 4.78 is 0. The van der Waals surface area contributed by atoms with Crippen LogP contribution in [0.25, 0.3) is 0 Å². The average molecular weight is 319 g/mol. The van der Waals surface area contributed by atoms with Crippen LogP contribution in [0.5, 0.6) is 0 Å². The zero-order valence-corrected chi connectivity index (χ0v) is 13.6. The third kappa shape index (κ3) is 5.17. The van der Waals surface area contributed by atoms with Crippen LogP contribution in [-0.4, -0.2) is 12.5 Å². The van der Waals surface area contributed by atoms with Crippen LogP contribution in [0.3, 0.4) is 0 Å². The molecule has 1 amide bonds. The summed E-state index contributed by atoms with van der Waals surface area (Å²) in [7, 11) is 0. The van der Waals surface area contributed by atoms with E-state index in [0.717, 1.165) is 12.0 Å². The summed E-state index contributed by atoms with van der Waals surface area (Å²) in [5.74, 6) is -0.245. The molecule has 2 rings (SSSR count). The van der Waals surface area contributed by atoms with Crippen LogP contribution in [0.15, 0.2) is 60.7 Å². The minimum Gasteiger partial charge on any atom is -0.355 e. The van der Waals surface area contributed by atoms with Crippen molar-refractivity contribution < 1.29 is 4.79 Å². The summed E-state index contributed by atoms with van der Waals surface area (Å²) in [6, 6.07) is 19.6. The Morgan fingerprint density at radius 3 is 2.18 bits per heavy atom. The van der Waals surface area contributed by atoms with E-state index in [0.29, 0.717) is 6.54 Å². The third-order valence-corrected chi connectivity index (χ3v) is 3.69. The van der Waals surface area contributed by atoms with Gasteiger partial charge in [-0.3, -0.25) is 4.79 Å². The largest absolute Gasteiger partial charge is 0.355 e. The van der Waals surface area contributed by atoms with Crippen molar-refractivity contribution >= 4 is 18.3 Å². The molecule has 3 nitrogen and oxygen atoms in total. The Bertz CT molecular complexity index is 560. The van der Waals surface area contributed by atoms with Crippen LogP contribution in [0, 0.1) is 5.92 Å². The van der Waals surface area contributed by atoms with E-state index >= 15 is 0 Å². The van der Waals surface area contributed by atoms with E-state index in [1.54, 1.807) is 0 Å². The molecule has 4 heteroatoms. The molecule has 22 heavy (non-hydrogen) atoms. The zero-order chi connectivity index (χ0) is 15.1. The predicted octanol–water partition coefficient (Wildman–Crippen LogP) is 3.10. The number of halogens is 1. The van der Waals surface area contributed by atoms with Gasteiger partial charge in [0.25, 0.3) is 0 Å². The summed E-state index contributed by atoms with van der Waals surface area (Å²) in [6.45, 7) is 2.50. The molecule has 0 saturated heterocycles. The maximum atomic E-state index is 12.2. The molecule has 0 radical (unpaired) electrons. The summed E-state index contributed by atoms with van der Waals surface area (Å²) >= 11 is 0. The fourth-order valence-corrected chi connectivity index (χ4v) is 2.26. The second-order valence-corrected chi connectivity index (χ2v) is 5.25. The van der Waals surface area contributed by atoms with Crippen LogP contribution in [0.4, 0.5) is 0 Å². The summed E-state index contributed by atoms with van der Waals surface area (Å²) in [5.41, 5.74) is 8.37. The first-order valence-electron chi connectivity index (χ1n) is 7.30. The lowest BCUT2D eigenvalue weighted by atomic mass is 9.94. The highest BCUT2D eigenvalue weighted by molar-refractivity contribution is 5.85. The molecule has 0 bridgehead atoms. The van der Waals surface area contributed by atoms with E-state index in [2.05, 4.69) is 17.4 Å². The van der Waals surface area contributed by atoms with Gasteiger partial charge < -0.3 is 11.1 Å². The minimum absolute atomic E-state index is 0.